The summed E-state index contributed by atoms with van der Waals surface area (Å²) < 4.78 is 5.32. The van der Waals surface area contributed by atoms with Gasteiger partial charge in [0.2, 0.25) is 0 Å². The molecule has 0 atom stereocenters. The molecule has 1 saturated heterocycles. The van der Waals surface area contributed by atoms with Crippen molar-refractivity contribution in [2.24, 2.45) is 0 Å². The lowest BCUT2D eigenvalue weighted by atomic mass is 10.2. The lowest BCUT2D eigenvalue weighted by Gasteiger charge is -2.35. The maximum atomic E-state index is 5.32. The molecule has 0 amide bonds. The third-order valence-electron chi connectivity index (χ3n) is 1.40. The van der Waals surface area contributed by atoms with Crippen LogP contribution in [-0.2, 0) is 4.74 Å². The van der Waals surface area contributed by atoms with Gasteiger partial charge in [-0.15, -0.1) is 0 Å². The molecule has 0 aromatic rings. The van der Waals surface area contributed by atoms with Crippen molar-refractivity contribution in [2.75, 3.05) is 20.1 Å². The van der Waals surface area contributed by atoms with E-state index in [0.29, 0.717) is 6.10 Å². The Morgan fingerprint density at radius 2 is 2.22 bits per heavy atom. The van der Waals surface area contributed by atoms with E-state index in [9.17, 15) is 0 Å². The van der Waals surface area contributed by atoms with E-state index in [1.165, 1.54) is 0 Å². The molecule has 0 spiro atoms. The monoisotopic (exact) mass is 127 g/mol. The minimum Gasteiger partial charge on any atom is -0.493 e. The Bertz CT molecular complexity index is 116. The van der Waals surface area contributed by atoms with E-state index in [1.54, 1.807) is 0 Å². The molecule has 0 aliphatic carbocycles. The minimum atomic E-state index is 0.410. The lowest BCUT2D eigenvalue weighted by molar-refractivity contribution is -0.00588. The first-order valence-electron chi connectivity index (χ1n) is 3.19. The van der Waals surface area contributed by atoms with Crippen molar-refractivity contribution >= 4 is 0 Å². The van der Waals surface area contributed by atoms with Crippen molar-refractivity contribution in [3.63, 3.8) is 0 Å². The van der Waals surface area contributed by atoms with E-state index in [0.717, 1.165) is 18.8 Å². The van der Waals surface area contributed by atoms with Crippen LogP contribution < -0.4 is 0 Å². The third-order valence-corrected chi connectivity index (χ3v) is 1.40. The number of rotatable bonds is 2. The largest absolute Gasteiger partial charge is 0.493 e. The first-order chi connectivity index (χ1) is 4.18. The van der Waals surface area contributed by atoms with Crippen LogP contribution in [0.25, 0.3) is 0 Å². The van der Waals surface area contributed by atoms with Gasteiger partial charge in [0.05, 0.1) is 5.76 Å². The van der Waals surface area contributed by atoms with Crippen LogP contribution >= 0.6 is 0 Å². The van der Waals surface area contributed by atoms with Gasteiger partial charge in [-0.25, -0.2) is 0 Å². The minimum absolute atomic E-state index is 0.410. The third kappa shape index (κ3) is 1.72. The quantitative estimate of drug-likeness (QED) is 0.510. The molecule has 2 nitrogen and oxygen atoms in total. The molecule has 1 rings (SSSR count). The number of hydrogen-bond donors (Lipinski definition) is 0. The molecule has 0 bridgehead atoms. The zero-order chi connectivity index (χ0) is 6.85. The van der Waals surface area contributed by atoms with Crippen molar-refractivity contribution in [1.29, 1.82) is 0 Å². The summed E-state index contributed by atoms with van der Waals surface area (Å²) in [6.07, 6.45) is 0.410. The average Bonchev–Trinajstić information content (AvgIpc) is 1.60. The van der Waals surface area contributed by atoms with Gasteiger partial charge in [-0.3, -0.25) is 4.90 Å². The highest BCUT2D eigenvalue weighted by Crippen LogP contribution is 2.10. The summed E-state index contributed by atoms with van der Waals surface area (Å²) >= 11 is 0. The van der Waals surface area contributed by atoms with Crippen LogP contribution in [0.15, 0.2) is 12.3 Å². The van der Waals surface area contributed by atoms with Crippen LogP contribution in [0.3, 0.4) is 0 Å². The van der Waals surface area contributed by atoms with E-state index in [-0.39, 0.29) is 0 Å². The fourth-order valence-electron chi connectivity index (χ4n) is 1.00. The summed E-state index contributed by atoms with van der Waals surface area (Å²) in [5, 5.41) is 0. The van der Waals surface area contributed by atoms with Crippen molar-refractivity contribution in [1.82, 2.24) is 4.90 Å². The molecule has 0 aromatic carbocycles. The number of allylic oxidation sites excluding steroid dienone is 1. The van der Waals surface area contributed by atoms with Crippen LogP contribution in [0.1, 0.15) is 6.92 Å². The molecule has 0 saturated carbocycles. The average molecular weight is 127 g/mol. The number of ether oxygens (including phenoxy) is 1. The maximum Gasteiger partial charge on any atom is 0.123 e. The van der Waals surface area contributed by atoms with Crippen LogP contribution in [0.2, 0.25) is 0 Å². The normalized spacial score (nSPS) is 21.1. The zero-order valence-corrected chi connectivity index (χ0v) is 6.05. The molecular weight excluding hydrogens is 114 g/mol. The summed E-state index contributed by atoms with van der Waals surface area (Å²) in [5.74, 6) is 0.827. The second-order valence-corrected chi connectivity index (χ2v) is 2.66. The molecule has 1 aliphatic rings. The molecule has 52 valence electrons. The van der Waals surface area contributed by atoms with E-state index in [2.05, 4.69) is 18.5 Å². The van der Waals surface area contributed by atoms with Gasteiger partial charge < -0.3 is 4.74 Å². The van der Waals surface area contributed by atoms with E-state index < -0.39 is 0 Å². The first-order valence-corrected chi connectivity index (χ1v) is 3.19. The molecule has 2 heteroatoms. The van der Waals surface area contributed by atoms with Crippen LogP contribution in [0.4, 0.5) is 0 Å². The summed E-state index contributed by atoms with van der Waals surface area (Å²) in [6.45, 7) is 7.65. The SMILES string of the molecule is C=C(C)OC1CN(C)C1. The predicted molar refractivity (Wildman–Crippen MR) is 37.2 cm³/mol. The van der Waals surface area contributed by atoms with Gasteiger partial charge in [0.25, 0.3) is 0 Å². The van der Waals surface area contributed by atoms with Gasteiger partial charge in [-0.1, -0.05) is 6.58 Å². The molecule has 1 fully saturated rings. The van der Waals surface area contributed by atoms with Crippen molar-refractivity contribution in [2.45, 2.75) is 13.0 Å². The highest BCUT2D eigenvalue weighted by molar-refractivity contribution is 4.84. The van der Waals surface area contributed by atoms with Crippen molar-refractivity contribution in [3.8, 4) is 0 Å². The fraction of sp³-hybridized carbons (Fsp3) is 0.714. The van der Waals surface area contributed by atoms with Crippen molar-refractivity contribution in [3.05, 3.63) is 12.3 Å². The second kappa shape index (κ2) is 2.40. The van der Waals surface area contributed by atoms with Gasteiger partial charge in [-0.2, -0.15) is 0 Å². The Morgan fingerprint density at radius 3 is 2.56 bits per heavy atom. The maximum absolute atomic E-state index is 5.32. The van der Waals surface area contributed by atoms with Gasteiger partial charge in [0, 0.05) is 13.1 Å². The fourth-order valence-corrected chi connectivity index (χ4v) is 1.00. The summed E-state index contributed by atoms with van der Waals surface area (Å²) in [5.41, 5.74) is 0. The first kappa shape index (κ1) is 6.62. The standard InChI is InChI=1S/C7H13NO/c1-6(2)9-7-4-8(3)5-7/h7H,1,4-5H2,2-3H3. The van der Waals surface area contributed by atoms with Crippen LogP contribution in [0.5, 0.6) is 0 Å². The molecule has 1 heterocycles. The molecule has 0 aromatic heterocycles. The lowest BCUT2D eigenvalue weighted by Crippen LogP contribution is -2.49. The highest BCUT2D eigenvalue weighted by atomic mass is 16.5. The van der Waals surface area contributed by atoms with Gasteiger partial charge in [-0.05, 0) is 14.0 Å². The predicted octanol–water partition coefficient (Wildman–Crippen LogP) is 0.851. The molecule has 0 radical (unpaired) electrons. The number of likely N-dealkylation sites (tertiary alicyclic amines) is 1. The zero-order valence-electron chi connectivity index (χ0n) is 6.05. The van der Waals surface area contributed by atoms with Gasteiger partial charge in [0.15, 0.2) is 0 Å². The Kier molecular flexibility index (Phi) is 1.76. The number of likely N-dealkylation sites (N-methyl/N-ethyl adjacent to an activating group) is 1. The van der Waals surface area contributed by atoms with E-state index >= 15 is 0 Å². The Hall–Kier alpha value is -0.500. The van der Waals surface area contributed by atoms with Crippen LogP contribution in [-0.4, -0.2) is 31.1 Å². The topological polar surface area (TPSA) is 12.5 Å². The van der Waals surface area contributed by atoms with Crippen LogP contribution in [0, 0.1) is 0 Å². The van der Waals surface area contributed by atoms with Crippen molar-refractivity contribution < 1.29 is 4.74 Å². The smallest absolute Gasteiger partial charge is 0.123 e. The molecule has 0 N–H and O–H groups in total. The Morgan fingerprint density at radius 1 is 1.67 bits per heavy atom. The molecule has 0 unspecified atom stereocenters. The van der Waals surface area contributed by atoms with E-state index in [4.69, 9.17) is 4.74 Å². The summed E-state index contributed by atoms with van der Waals surface area (Å²) in [6, 6.07) is 0. The number of hydrogen-bond acceptors (Lipinski definition) is 2. The Labute approximate surface area is 56.1 Å². The van der Waals surface area contributed by atoms with E-state index in [1.807, 2.05) is 6.92 Å². The highest BCUT2D eigenvalue weighted by Gasteiger charge is 2.23. The van der Waals surface area contributed by atoms with Gasteiger partial charge >= 0.3 is 0 Å². The summed E-state index contributed by atoms with van der Waals surface area (Å²) in [7, 11) is 2.08. The second-order valence-electron chi connectivity index (χ2n) is 2.66. The Balaban J connectivity index is 2.11. The molecular formula is C7H13NO. The molecule has 9 heavy (non-hydrogen) atoms. The summed E-state index contributed by atoms with van der Waals surface area (Å²) in [4.78, 5) is 2.22. The number of nitrogens with zero attached hydrogens (tertiary/aromatic N) is 1. The molecule has 1 aliphatic heterocycles. The van der Waals surface area contributed by atoms with Gasteiger partial charge in [0.1, 0.15) is 6.10 Å².